The van der Waals surface area contributed by atoms with Gasteiger partial charge in [-0.1, -0.05) is 0 Å². The first-order valence-corrected chi connectivity index (χ1v) is 12.9. The predicted octanol–water partition coefficient (Wildman–Crippen LogP) is -5.98. The SMILES string of the molecule is Cl.NCC[C@H](O)C(=O)NC1C[C@H](N)[C@@H](OC2O[C@H](CN)CC[C@H]2N)[C@@H](O)[C@H]1OC1O[C@H](CO)[C@@H](O)[C@H](N)[C@H]1O. The predicted molar refractivity (Wildman–Crippen MR) is 138 cm³/mol. The molecule has 3 aliphatic rings. The molecule has 1 aliphatic carbocycles. The Morgan fingerprint density at radius 3 is 2.23 bits per heavy atom. The lowest BCUT2D eigenvalue weighted by atomic mass is 9.83. The molecule has 0 bridgehead atoms. The van der Waals surface area contributed by atoms with E-state index in [1.807, 2.05) is 0 Å². The quantitative estimate of drug-likeness (QED) is 0.113. The van der Waals surface area contributed by atoms with E-state index in [1.54, 1.807) is 0 Å². The van der Waals surface area contributed by atoms with Gasteiger partial charge in [-0.3, -0.25) is 4.79 Å². The highest BCUT2D eigenvalue weighted by Crippen LogP contribution is 2.31. The molecule has 14 atom stereocenters. The molecule has 17 heteroatoms. The lowest BCUT2D eigenvalue weighted by Crippen LogP contribution is -2.69. The van der Waals surface area contributed by atoms with Gasteiger partial charge >= 0.3 is 0 Å². The van der Waals surface area contributed by atoms with Gasteiger partial charge in [0.1, 0.15) is 42.7 Å². The summed E-state index contributed by atoms with van der Waals surface area (Å²) < 4.78 is 23.3. The number of amides is 1. The average molecular weight is 589 g/mol. The van der Waals surface area contributed by atoms with E-state index in [9.17, 15) is 30.3 Å². The maximum atomic E-state index is 12.6. The van der Waals surface area contributed by atoms with E-state index in [-0.39, 0.29) is 44.4 Å². The molecular formula is C22H45ClN6O10. The van der Waals surface area contributed by atoms with Crippen molar-refractivity contribution in [1.29, 1.82) is 0 Å². The number of ether oxygens (including phenoxy) is 4. The largest absolute Gasteiger partial charge is 0.394 e. The standard InChI is InChI=1S/C22H44N6O10.ClH/c23-4-3-12(30)20(34)28-11-5-10(26)18(37-21-9(25)2-1-8(6-24)35-21)17(33)19(11)38-22-16(32)14(27)15(31)13(7-29)36-22;/h8-19,21-22,29-33H,1-7,23-27H2,(H,28,34);1H/t8-,9+,10-,11?,12-,13+,14-,15+,16+,17+,18+,19-,21?,22?;/m0./s1. The normalized spacial score (nSPS) is 43.8. The molecule has 0 aromatic heterocycles. The maximum Gasteiger partial charge on any atom is 0.249 e. The second-order valence-corrected chi connectivity index (χ2v) is 10.2. The molecule has 1 amide bonds. The van der Waals surface area contributed by atoms with Crippen molar-refractivity contribution < 1.29 is 49.3 Å². The number of aliphatic hydroxyl groups excluding tert-OH is 5. The minimum absolute atomic E-state index is 0. The summed E-state index contributed by atoms with van der Waals surface area (Å²) in [4.78, 5) is 12.6. The van der Waals surface area contributed by atoms with Crippen LogP contribution in [-0.4, -0.2) is 137 Å². The maximum absolute atomic E-state index is 12.6. The van der Waals surface area contributed by atoms with Crippen molar-refractivity contribution in [2.75, 3.05) is 19.7 Å². The Bertz CT molecular complexity index is 762. The van der Waals surface area contributed by atoms with Crippen molar-refractivity contribution in [3.8, 4) is 0 Å². The lowest BCUT2D eigenvalue weighted by Gasteiger charge is -2.48. The number of carbonyl (C=O) groups excluding carboxylic acids is 1. The molecule has 0 aromatic rings. The highest BCUT2D eigenvalue weighted by Gasteiger charge is 2.51. The summed E-state index contributed by atoms with van der Waals surface area (Å²) in [5, 5.41) is 54.4. The zero-order valence-corrected chi connectivity index (χ0v) is 22.4. The van der Waals surface area contributed by atoms with Gasteiger partial charge in [0.25, 0.3) is 0 Å². The summed E-state index contributed by atoms with van der Waals surface area (Å²) in [6.07, 6.45) is -10.8. The third kappa shape index (κ3) is 8.15. The Morgan fingerprint density at radius 2 is 1.62 bits per heavy atom. The van der Waals surface area contributed by atoms with Crippen LogP contribution >= 0.6 is 12.4 Å². The Labute approximate surface area is 232 Å². The van der Waals surface area contributed by atoms with Crippen molar-refractivity contribution in [2.45, 2.75) is 111 Å². The van der Waals surface area contributed by atoms with Crippen molar-refractivity contribution in [3.05, 3.63) is 0 Å². The van der Waals surface area contributed by atoms with Crippen molar-refractivity contribution in [1.82, 2.24) is 5.32 Å². The van der Waals surface area contributed by atoms with E-state index in [2.05, 4.69) is 5.32 Å². The summed E-state index contributed by atoms with van der Waals surface area (Å²) in [7, 11) is 0. The van der Waals surface area contributed by atoms with Crippen molar-refractivity contribution >= 4 is 18.3 Å². The molecule has 1 saturated carbocycles. The number of nitrogens with two attached hydrogens (primary N) is 5. The van der Waals surface area contributed by atoms with Crippen LogP contribution in [0.25, 0.3) is 0 Å². The van der Waals surface area contributed by atoms with Crippen LogP contribution in [0.5, 0.6) is 0 Å². The van der Waals surface area contributed by atoms with Gasteiger partial charge in [-0.2, -0.15) is 0 Å². The molecule has 2 aliphatic heterocycles. The van der Waals surface area contributed by atoms with Crippen LogP contribution in [0.3, 0.4) is 0 Å². The first kappa shape index (κ1) is 34.4. The number of rotatable bonds is 10. The molecule has 3 unspecified atom stereocenters. The molecular weight excluding hydrogens is 544 g/mol. The van der Waals surface area contributed by atoms with E-state index in [0.717, 1.165) is 0 Å². The van der Waals surface area contributed by atoms with Gasteiger partial charge in [-0.25, -0.2) is 0 Å². The van der Waals surface area contributed by atoms with E-state index in [1.165, 1.54) is 0 Å². The number of carbonyl (C=O) groups is 1. The van der Waals surface area contributed by atoms with Gasteiger partial charge in [0.05, 0.1) is 30.8 Å². The highest BCUT2D eigenvalue weighted by molar-refractivity contribution is 5.85. The fourth-order valence-corrected chi connectivity index (χ4v) is 5.02. The Morgan fingerprint density at radius 1 is 0.949 bits per heavy atom. The van der Waals surface area contributed by atoms with E-state index in [4.69, 9.17) is 47.6 Å². The van der Waals surface area contributed by atoms with Crippen LogP contribution in [0.2, 0.25) is 0 Å². The fraction of sp³-hybridized carbons (Fsp3) is 0.955. The number of hydrogen-bond acceptors (Lipinski definition) is 15. The van der Waals surface area contributed by atoms with Gasteiger partial charge in [-0.15, -0.1) is 12.4 Å². The van der Waals surface area contributed by atoms with Crippen LogP contribution in [-0.2, 0) is 23.7 Å². The van der Waals surface area contributed by atoms with Crippen molar-refractivity contribution in [3.63, 3.8) is 0 Å². The van der Waals surface area contributed by atoms with Gasteiger partial charge in [0.2, 0.25) is 5.91 Å². The Hall–Kier alpha value is -0.800. The molecule has 0 radical (unpaired) electrons. The van der Waals surface area contributed by atoms with Crippen LogP contribution in [0.4, 0.5) is 0 Å². The molecule has 2 saturated heterocycles. The fourth-order valence-electron chi connectivity index (χ4n) is 5.02. The first-order valence-electron chi connectivity index (χ1n) is 12.9. The number of nitrogens with one attached hydrogen (secondary N) is 1. The van der Waals surface area contributed by atoms with Crippen LogP contribution < -0.4 is 34.0 Å². The molecule has 3 rings (SSSR count). The molecule has 39 heavy (non-hydrogen) atoms. The van der Waals surface area contributed by atoms with Gasteiger partial charge in [-0.05, 0) is 32.2 Å². The highest BCUT2D eigenvalue weighted by atomic mass is 35.5. The number of aliphatic hydroxyl groups is 5. The molecule has 16 nitrogen and oxygen atoms in total. The molecule has 0 aromatic carbocycles. The zero-order valence-electron chi connectivity index (χ0n) is 21.6. The third-order valence-corrected chi connectivity index (χ3v) is 7.37. The summed E-state index contributed by atoms with van der Waals surface area (Å²) >= 11 is 0. The minimum atomic E-state index is -1.55. The van der Waals surface area contributed by atoms with Crippen LogP contribution in [0.15, 0.2) is 0 Å². The second kappa shape index (κ2) is 15.4. The third-order valence-electron chi connectivity index (χ3n) is 7.37. The molecule has 16 N–H and O–H groups in total. The van der Waals surface area contributed by atoms with Gasteiger partial charge in [0.15, 0.2) is 12.6 Å². The van der Waals surface area contributed by atoms with E-state index in [0.29, 0.717) is 12.8 Å². The molecule has 2 heterocycles. The summed E-state index contributed by atoms with van der Waals surface area (Å²) in [6.45, 7) is -0.296. The molecule has 0 spiro atoms. The number of hydrogen-bond donors (Lipinski definition) is 11. The van der Waals surface area contributed by atoms with Crippen molar-refractivity contribution in [2.24, 2.45) is 28.7 Å². The topological polar surface area (TPSA) is 297 Å². The second-order valence-electron chi connectivity index (χ2n) is 10.2. The lowest BCUT2D eigenvalue weighted by molar-refractivity contribution is -0.314. The smallest absolute Gasteiger partial charge is 0.249 e. The zero-order chi connectivity index (χ0) is 28.1. The summed E-state index contributed by atoms with van der Waals surface area (Å²) in [5.74, 6) is -0.762. The summed E-state index contributed by atoms with van der Waals surface area (Å²) in [5.41, 5.74) is 29.6. The Kier molecular flexibility index (Phi) is 13.6. The first-order chi connectivity index (χ1) is 18.0. The molecule has 230 valence electrons. The molecule has 3 fully saturated rings. The van der Waals surface area contributed by atoms with E-state index >= 15 is 0 Å². The number of halogens is 1. The summed E-state index contributed by atoms with van der Waals surface area (Å²) in [6, 6.07) is -3.54. The van der Waals surface area contributed by atoms with E-state index < -0.39 is 92.0 Å². The van der Waals surface area contributed by atoms with Gasteiger partial charge in [0, 0.05) is 12.6 Å². The monoisotopic (exact) mass is 588 g/mol. The minimum Gasteiger partial charge on any atom is -0.394 e. The van der Waals surface area contributed by atoms with Crippen LogP contribution in [0, 0.1) is 0 Å². The van der Waals surface area contributed by atoms with Crippen LogP contribution in [0.1, 0.15) is 25.7 Å². The Balaban J connectivity index is 0.00000533. The average Bonchev–Trinajstić information content (AvgIpc) is 2.89. The van der Waals surface area contributed by atoms with Gasteiger partial charge < -0.3 is 78.5 Å².